The number of rotatable bonds is 3. The second-order valence-electron chi connectivity index (χ2n) is 3.63. The summed E-state index contributed by atoms with van der Waals surface area (Å²) in [7, 11) is 0. The van der Waals surface area contributed by atoms with E-state index in [1.807, 2.05) is 54.6 Å². The zero-order valence-corrected chi connectivity index (χ0v) is 9.61. The van der Waals surface area contributed by atoms with Gasteiger partial charge in [-0.05, 0) is 5.56 Å². The Morgan fingerprint density at radius 2 is 1.94 bits per heavy atom. The Morgan fingerprint density at radius 3 is 2.61 bits per heavy atom. The van der Waals surface area contributed by atoms with Gasteiger partial charge in [-0.15, -0.1) is 0 Å². The van der Waals surface area contributed by atoms with Gasteiger partial charge in [0.05, 0.1) is 6.33 Å². The van der Waals surface area contributed by atoms with E-state index >= 15 is 0 Å². The Kier molecular flexibility index (Phi) is 3.53. The minimum atomic E-state index is 0.172. The van der Waals surface area contributed by atoms with Gasteiger partial charge in [-0.1, -0.05) is 42.5 Å². The van der Waals surface area contributed by atoms with Gasteiger partial charge in [-0.3, -0.25) is 0 Å². The maximum absolute atomic E-state index is 8.95. The van der Waals surface area contributed by atoms with E-state index in [1.165, 1.54) is 6.33 Å². The number of nitrogens with zero attached hydrogens (tertiary/aromatic N) is 4. The molecule has 86 valence electrons. The largest absolute Gasteiger partial charge is 0.317 e. The predicted molar refractivity (Wildman–Crippen MR) is 67.1 cm³/mol. The van der Waals surface area contributed by atoms with E-state index in [1.54, 1.807) is 4.57 Å². The van der Waals surface area contributed by atoms with Crippen LogP contribution in [0.5, 0.6) is 0 Å². The lowest BCUT2D eigenvalue weighted by Gasteiger charge is -1.98. The minimum absolute atomic E-state index is 0.172. The molecule has 0 aliphatic heterocycles. The van der Waals surface area contributed by atoms with Gasteiger partial charge in [0.25, 0.3) is 0 Å². The molecule has 2 aromatic rings. The lowest BCUT2D eigenvalue weighted by Crippen LogP contribution is -1.97. The van der Waals surface area contributed by atoms with Crippen molar-refractivity contribution in [3.8, 4) is 12.1 Å². The van der Waals surface area contributed by atoms with Gasteiger partial charge in [0, 0.05) is 6.54 Å². The first-order chi connectivity index (χ1) is 8.85. The molecule has 0 radical (unpaired) electrons. The number of nitriles is 2. The standard InChI is InChI=1S/C14H10N4/c15-9-13-14(10-16)18(11-17-13)8-4-7-12-5-2-1-3-6-12/h1-7,11H,8H2. The number of imidazole rings is 1. The van der Waals surface area contributed by atoms with Crippen LogP contribution in [0.1, 0.15) is 17.0 Å². The molecule has 0 unspecified atom stereocenters. The predicted octanol–water partition coefficient (Wildman–Crippen LogP) is 2.34. The topological polar surface area (TPSA) is 65.4 Å². The molecule has 0 aliphatic rings. The van der Waals surface area contributed by atoms with E-state index < -0.39 is 0 Å². The second-order valence-corrected chi connectivity index (χ2v) is 3.63. The summed E-state index contributed by atoms with van der Waals surface area (Å²) in [5.41, 5.74) is 1.57. The Morgan fingerprint density at radius 1 is 1.17 bits per heavy atom. The Bertz CT molecular complexity index is 639. The molecule has 0 saturated heterocycles. The van der Waals surface area contributed by atoms with Crippen LogP contribution >= 0.6 is 0 Å². The van der Waals surface area contributed by atoms with Gasteiger partial charge in [-0.25, -0.2) is 4.98 Å². The summed E-state index contributed by atoms with van der Waals surface area (Å²) in [5.74, 6) is 0. The SMILES string of the molecule is N#Cc1ncn(CC=Cc2ccccc2)c1C#N. The molecule has 0 bridgehead atoms. The van der Waals surface area contributed by atoms with E-state index in [4.69, 9.17) is 10.5 Å². The number of aromatic nitrogens is 2. The summed E-state index contributed by atoms with van der Waals surface area (Å²) < 4.78 is 1.65. The molecule has 2 rings (SSSR count). The van der Waals surface area contributed by atoms with Crippen molar-refractivity contribution < 1.29 is 0 Å². The molecule has 0 saturated carbocycles. The van der Waals surface area contributed by atoms with Crippen molar-refractivity contribution in [1.29, 1.82) is 10.5 Å². The summed E-state index contributed by atoms with van der Waals surface area (Å²) >= 11 is 0. The van der Waals surface area contributed by atoms with Crippen LogP contribution in [0.2, 0.25) is 0 Å². The molecule has 18 heavy (non-hydrogen) atoms. The highest BCUT2D eigenvalue weighted by molar-refractivity contribution is 5.48. The van der Waals surface area contributed by atoms with Crippen LogP contribution in [-0.4, -0.2) is 9.55 Å². The van der Waals surface area contributed by atoms with E-state index in [0.29, 0.717) is 12.2 Å². The van der Waals surface area contributed by atoms with Crippen molar-refractivity contribution in [3.05, 3.63) is 59.7 Å². The molecular formula is C14H10N4. The average molecular weight is 234 g/mol. The van der Waals surface area contributed by atoms with Crippen molar-refractivity contribution >= 4 is 6.08 Å². The molecule has 0 aliphatic carbocycles. The van der Waals surface area contributed by atoms with E-state index in [-0.39, 0.29) is 5.69 Å². The minimum Gasteiger partial charge on any atom is -0.317 e. The molecule has 4 nitrogen and oxygen atoms in total. The summed E-state index contributed by atoms with van der Waals surface area (Å²) in [6, 6.07) is 13.8. The summed E-state index contributed by atoms with van der Waals surface area (Å²) in [5, 5.41) is 17.7. The molecule has 0 fully saturated rings. The maximum Gasteiger partial charge on any atom is 0.176 e. The molecular weight excluding hydrogens is 224 g/mol. The number of hydrogen-bond donors (Lipinski definition) is 0. The highest BCUT2D eigenvalue weighted by Crippen LogP contribution is 2.06. The van der Waals surface area contributed by atoms with Crippen molar-refractivity contribution in [2.24, 2.45) is 0 Å². The fraction of sp³-hybridized carbons (Fsp3) is 0.0714. The normalized spacial score (nSPS) is 10.1. The van der Waals surface area contributed by atoms with Crippen LogP contribution < -0.4 is 0 Å². The molecule has 0 spiro atoms. The Hall–Kier alpha value is -2.85. The van der Waals surface area contributed by atoms with Gasteiger partial charge in [0.2, 0.25) is 0 Å². The summed E-state index contributed by atoms with van der Waals surface area (Å²) in [6.07, 6.45) is 5.40. The third-order valence-electron chi connectivity index (χ3n) is 2.46. The molecule has 0 amide bonds. The first kappa shape index (κ1) is 11.6. The number of allylic oxidation sites excluding steroid dienone is 1. The van der Waals surface area contributed by atoms with Crippen LogP contribution in [0.3, 0.4) is 0 Å². The quantitative estimate of drug-likeness (QED) is 0.818. The first-order valence-electron chi connectivity index (χ1n) is 5.42. The van der Waals surface area contributed by atoms with Crippen LogP contribution in [0.15, 0.2) is 42.7 Å². The average Bonchev–Trinajstić information content (AvgIpc) is 2.82. The number of hydrogen-bond acceptors (Lipinski definition) is 3. The molecule has 0 N–H and O–H groups in total. The molecule has 1 heterocycles. The molecule has 0 atom stereocenters. The first-order valence-corrected chi connectivity index (χ1v) is 5.42. The van der Waals surface area contributed by atoms with Gasteiger partial charge in [0.15, 0.2) is 11.4 Å². The number of benzene rings is 1. The third kappa shape index (κ3) is 2.45. The monoisotopic (exact) mass is 234 g/mol. The Balaban J connectivity index is 2.13. The zero-order chi connectivity index (χ0) is 12.8. The maximum atomic E-state index is 8.95. The summed E-state index contributed by atoms with van der Waals surface area (Å²) in [6.45, 7) is 0.520. The highest BCUT2D eigenvalue weighted by atomic mass is 15.0. The lowest BCUT2D eigenvalue weighted by molar-refractivity contribution is 0.810. The third-order valence-corrected chi connectivity index (χ3v) is 2.46. The summed E-state index contributed by atoms with van der Waals surface area (Å²) in [4.78, 5) is 3.88. The zero-order valence-electron chi connectivity index (χ0n) is 9.61. The smallest absolute Gasteiger partial charge is 0.176 e. The van der Waals surface area contributed by atoms with E-state index in [2.05, 4.69) is 4.98 Å². The fourth-order valence-corrected chi connectivity index (χ4v) is 1.59. The van der Waals surface area contributed by atoms with Crippen molar-refractivity contribution in [2.45, 2.75) is 6.54 Å². The molecule has 1 aromatic heterocycles. The second kappa shape index (κ2) is 5.47. The molecule has 4 heteroatoms. The van der Waals surface area contributed by atoms with Crippen molar-refractivity contribution in [2.75, 3.05) is 0 Å². The lowest BCUT2D eigenvalue weighted by atomic mass is 10.2. The Labute approximate surface area is 105 Å². The van der Waals surface area contributed by atoms with Gasteiger partial charge < -0.3 is 4.57 Å². The highest BCUT2D eigenvalue weighted by Gasteiger charge is 2.07. The van der Waals surface area contributed by atoms with Crippen LogP contribution in [0.25, 0.3) is 6.08 Å². The van der Waals surface area contributed by atoms with Gasteiger partial charge >= 0.3 is 0 Å². The van der Waals surface area contributed by atoms with Crippen LogP contribution in [0.4, 0.5) is 0 Å². The van der Waals surface area contributed by atoms with E-state index in [0.717, 1.165) is 5.56 Å². The van der Waals surface area contributed by atoms with Crippen LogP contribution in [-0.2, 0) is 6.54 Å². The van der Waals surface area contributed by atoms with Crippen LogP contribution in [0, 0.1) is 22.7 Å². The fourth-order valence-electron chi connectivity index (χ4n) is 1.59. The van der Waals surface area contributed by atoms with Crippen molar-refractivity contribution in [1.82, 2.24) is 9.55 Å². The molecule has 1 aromatic carbocycles. The van der Waals surface area contributed by atoms with Crippen molar-refractivity contribution in [3.63, 3.8) is 0 Å². The van der Waals surface area contributed by atoms with E-state index in [9.17, 15) is 0 Å². The van der Waals surface area contributed by atoms with Gasteiger partial charge in [0.1, 0.15) is 12.1 Å². The van der Waals surface area contributed by atoms with Gasteiger partial charge in [-0.2, -0.15) is 10.5 Å².